The Morgan fingerprint density at radius 3 is 2.71 bits per heavy atom. The van der Waals surface area contributed by atoms with E-state index in [0.29, 0.717) is 31.9 Å². The molecule has 1 aromatic heterocycles. The van der Waals surface area contributed by atoms with Gasteiger partial charge in [-0.05, 0) is 48.2 Å². The Morgan fingerprint density at radius 1 is 1.17 bits per heavy atom. The van der Waals surface area contributed by atoms with Crippen molar-refractivity contribution in [2.24, 2.45) is 5.10 Å². The number of hydrogen-bond donors (Lipinski definition) is 3. The molecule has 0 aliphatic rings. The second kappa shape index (κ2) is 10.6. The van der Waals surface area contributed by atoms with Crippen LogP contribution >= 0.6 is 35.0 Å². The van der Waals surface area contributed by atoms with Gasteiger partial charge >= 0.3 is 0 Å². The average Bonchev–Trinajstić information content (AvgIpc) is 3.28. The maximum absolute atomic E-state index is 12.1. The number of aromatic amines is 1. The topological polar surface area (TPSA) is 146 Å². The number of para-hydroxylation sites is 1. The largest absolute Gasteiger partial charge is 0.507 e. The van der Waals surface area contributed by atoms with E-state index in [-0.39, 0.29) is 22.2 Å². The predicted molar refractivity (Wildman–Crippen MR) is 132 cm³/mol. The Hall–Kier alpha value is -3.93. The molecule has 1 amide bonds. The molecule has 4 rings (SSSR count). The second-order valence-corrected chi connectivity index (χ2v) is 8.75. The summed E-state index contributed by atoms with van der Waals surface area (Å²) in [6.45, 7) is 0. The minimum Gasteiger partial charge on any atom is -0.507 e. The van der Waals surface area contributed by atoms with Crippen LogP contribution in [0.15, 0.2) is 75.8 Å². The fourth-order valence-corrected chi connectivity index (χ4v) is 4.22. The van der Waals surface area contributed by atoms with E-state index < -0.39 is 10.8 Å². The molecule has 3 N–H and O–H groups in total. The minimum atomic E-state index is -0.623. The number of hydrogen-bond acceptors (Lipinski definition) is 8. The molecule has 0 unspecified atom stereocenters. The van der Waals surface area contributed by atoms with Crippen LogP contribution in [0.25, 0.3) is 11.4 Å². The molecule has 0 saturated carbocycles. The number of amides is 1. The number of halogens is 2. The summed E-state index contributed by atoms with van der Waals surface area (Å²) in [5.41, 5.74) is 3.09. The van der Waals surface area contributed by atoms with Gasteiger partial charge in [0.1, 0.15) is 5.75 Å². The standard InChI is InChI=1S/C22H14Cl2N6O4S/c23-13-6-7-14(16(24)10-13)20-26-22(29-27-20)35-19-8-5-12(9-17(19)30(33)34)11-25-28-21(32)15-3-1-2-4-18(15)31/h1-11,31H,(H,28,32)(H,26,27,29)/b25-11+. The van der Waals surface area contributed by atoms with Crippen LogP contribution in [0.3, 0.4) is 0 Å². The number of aromatic hydroxyl groups is 1. The van der Waals surface area contributed by atoms with Crippen molar-refractivity contribution in [2.75, 3.05) is 0 Å². The number of phenols is 1. The van der Waals surface area contributed by atoms with Crippen molar-refractivity contribution in [1.29, 1.82) is 0 Å². The van der Waals surface area contributed by atoms with Gasteiger partial charge in [0.2, 0.25) is 5.16 Å². The number of hydrazone groups is 1. The number of aromatic nitrogens is 3. The van der Waals surface area contributed by atoms with Crippen molar-refractivity contribution in [3.8, 4) is 17.1 Å². The van der Waals surface area contributed by atoms with Crippen LogP contribution in [0.4, 0.5) is 5.69 Å². The van der Waals surface area contributed by atoms with Crippen molar-refractivity contribution < 1.29 is 14.8 Å². The molecule has 0 spiro atoms. The Morgan fingerprint density at radius 2 is 1.97 bits per heavy atom. The minimum absolute atomic E-state index is 0.0492. The van der Waals surface area contributed by atoms with Crippen molar-refractivity contribution >= 4 is 52.8 Å². The summed E-state index contributed by atoms with van der Waals surface area (Å²) >= 11 is 13.1. The summed E-state index contributed by atoms with van der Waals surface area (Å²) in [5, 5.41) is 33.1. The van der Waals surface area contributed by atoms with Gasteiger partial charge in [0.25, 0.3) is 11.6 Å². The Kier molecular flexibility index (Phi) is 7.30. The number of H-pyrrole nitrogens is 1. The van der Waals surface area contributed by atoms with E-state index in [1.54, 1.807) is 36.4 Å². The first kappa shape index (κ1) is 24.2. The number of phenolic OH excluding ortho intramolecular Hbond substituents is 1. The molecular formula is C22H14Cl2N6O4S. The molecule has 35 heavy (non-hydrogen) atoms. The summed E-state index contributed by atoms with van der Waals surface area (Å²) in [6, 6.07) is 15.3. The van der Waals surface area contributed by atoms with Crippen LogP contribution in [0.1, 0.15) is 15.9 Å². The fraction of sp³-hybridized carbons (Fsp3) is 0. The number of carbonyl (C=O) groups excluding carboxylic acids is 1. The number of nitrogens with one attached hydrogen (secondary N) is 2. The van der Waals surface area contributed by atoms with Gasteiger partial charge in [-0.2, -0.15) is 5.10 Å². The van der Waals surface area contributed by atoms with Crippen molar-refractivity contribution in [3.63, 3.8) is 0 Å². The third-order valence-corrected chi connectivity index (χ3v) is 6.04. The molecule has 0 bridgehead atoms. The Bertz CT molecular complexity index is 1460. The number of nitrogens with zero attached hydrogens (tertiary/aromatic N) is 4. The number of rotatable bonds is 7. The molecule has 10 nitrogen and oxygen atoms in total. The van der Waals surface area contributed by atoms with Gasteiger partial charge < -0.3 is 5.11 Å². The molecule has 0 atom stereocenters. The lowest BCUT2D eigenvalue weighted by atomic mass is 10.2. The highest BCUT2D eigenvalue weighted by Gasteiger charge is 2.18. The summed E-state index contributed by atoms with van der Waals surface area (Å²) in [6.07, 6.45) is 1.26. The van der Waals surface area contributed by atoms with Gasteiger partial charge in [0, 0.05) is 22.2 Å². The molecular weight excluding hydrogens is 515 g/mol. The molecule has 13 heteroatoms. The first-order chi connectivity index (χ1) is 16.8. The van der Waals surface area contributed by atoms with E-state index in [1.165, 1.54) is 30.5 Å². The third kappa shape index (κ3) is 5.77. The van der Waals surface area contributed by atoms with Gasteiger partial charge in [-0.25, -0.2) is 10.4 Å². The number of nitro benzene ring substituents is 1. The van der Waals surface area contributed by atoms with Gasteiger partial charge in [0.05, 0.1) is 26.6 Å². The summed E-state index contributed by atoms with van der Waals surface area (Å²) in [4.78, 5) is 27.9. The molecule has 0 saturated heterocycles. The molecule has 0 aliphatic carbocycles. The highest BCUT2D eigenvalue weighted by atomic mass is 35.5. The molecule has 0 aliphatic heterocycles. The summed E-state index contributed by atoms with van der Waals surface area (Å²) in [7, 11) is 0. The highest BCUT2D eigenvalue weighted by Crippen LogP contribution is 2.35. The van der Waals surface area contributed by atoms with Crippen LogP contribution in [0, 0.1) is 10.1 Å². The first-order valence-electron chi connectivity index (χ1n) is 9.77. The molecule has 4 aromatic rings. The van der Waals surface area contributed by atoms with Crippen molar-refractivity contribution in [1.82, 2.24) is 20.6 Å². The highest BCUT2D eigenvalue weighted by molar-refractivity contribution is 7.99. The molecule has 0 fully saturated rings. The summed E-state index contributed by atoms with van der Waals surface area (Å²) in [5.74, 6) is -0.423. The average molecular weight is 529 g/mol. The van der Waals surface area contributed by atoms with Crippen molar-refractivity contribution in [2.45, 2.75) is 10.1 Å². The monoisotopic (exact) mass is 528 g/mol. The zero-order chi connectivity index (χ0) is 24.9. The van der Waals surface area contributed by atoms with E-state index in [1.807, 2.05) is 0 Å². The molecule has 176 valence electrons. The fourth-order valence-electron chi connectivity index (χ4n) is 2.93. The van der Waals surface area contributed by atoms with Crippen LogP contribution < -0.4 is 5.43 Å². The first-order valence-corrected chi connectivity index (χ1v) is 11.3. The molecule has 0 radical (unpaired) electrons. The molecule has 1 heterocycles. The van der Waals surface area contributed by atoms with Gasteiger partial charge in [-0.3, -0.25) is 20.0 Å². The Balaban J connectivity index is 1.50. The van der Waals surface area contributed by atoms with Crippen LogP contribution in [0.2, 0.25) is 10.0 Å². The van der Waals surface area contributed by atoms with E-state index in [2.05, 4.69) is 25.7 Å². The zero-order valence-electron chi connectivity index (χ0n) is 17.5. The lowest BCUT2D eigenvalue weighted by Gasteiger charge is -2.03. The van der Waals surface area contributed by atoms with Crippen LogP contribution in [-0.4, -0.2) is 37.3 Å². The maximum Gasteiger partial charge on any atom is 0.283 e. The molecule has 3 aromatic carbocycles. The lowest BCUT2D eigenvalue weighted by Crippen LogP contribution is -2.17. The number of benzene rings is 3. The third-order valence-electron chi connectivity index (χ3n) is 4.56. The lowest BCUT2D eigenvalue weighted by molar-refractivity contribution is -0.387. The quantitative estimate of drug-likeness (QED) is 0.167. The Labute approximate surface area is 212 Å². The zero-order valence-corrected chi connectivity index (χ0v) is 19.8. The van der Waals surface area contributed by atoms with E-state index >= 15 is 0 Å². The van der Waals surface area contributed by atoms with E-state index in [4.69, 9.17) is 23.2 Å². The SMILES string of the molecule is O=C(N/N=C/c1ccc(Sc2n[nH]c(-c3ccc(Cl)cc3Cl)n2)c([N+](=O)[O-])c1)c1ccccc1O. The smallest absolute Gasteiger partial charge is 0.283 e. The summed E-state index contributed by atoms with van der Waals surface area (Å²) < 4.78 is 0. The maximum atomic E-state index is 12.1. The van der Waals surface area contributed by atoms with Gasteiger partial charge in [-0.1, -0.05) is 41.4 Å². The number of nitro groups is 1. The van der Waals surface area contributed by atoms with Crippen LogP contribution in [-0.2, 0) is 0 Å². The predicted octanol–water partition coefficient (Wildman–Crippen LogP) is 5.31. The van der Waals surface area contributed by atoms with E-state index in [9.17, 15) is 20.0 Å². The van der Waals surface area contributed by atoms with Gasteiger partial charge in [0.15, 0.2) is 5.82 Å². The van der Waals surface area contributed by atoms with Gasteiger partial charge in [-0.15, -0.1) is 5.10 Å². The normalized spacial score (nSPS) is 11.0. The number of carbonyl (C=O) groups is 1. The van der Waals surface area contributed by atoms with E-state index in [0.717, 1.165) is 11.8 Å². The van der Waals surface area contributed by atoms with Crippen LogP contribution in [0.5, 0.6) is 5.75 Å². The second-order valence-electron chi connectivity index (χ2n) is 6.89. The van der Waals surface area contributed by atoms with Crippen molar-refractivity contribution in [3.05, 3.63) is 92.0 Å².